The topological polar surface area (TPSA) is 52.5 Å². The molecule has 3 nitrogen and oxygen atoms in total. The fourth-order valence-electron chi connectivity index (χ4n) is 1.43. The Morgan fingerprint density at radius 1 is 1.25 bits per heavy atom. The van der Waals surface area contributed by atoms with Crippen molar-refractivity contribution in [1.82, 2.24) is 5.32 Å². The molecule has 1 atom stereocenters. The summed E-state index contributed by atoms with van der Waals surface area (Å²) in [6.45, 7) is 4.78. The standard InChI is InChI=1S/C13H21NO2/c1-13(2,16)8-9-14-10-12(15)11-6-4-3-5-7-11/h3-7,12,14-16H,8-10H2,1-2H3. The number of benzene rings is 1. The van der Waals surface area contributed by atoms with Gasteiger partial charge in [-0.1, -0.05) is 30.3 Å². The summed E-state index contributed by atoms with van der Waals surface area (Å²) in [5.41, 5.74) is 0.267. The van der Waals surface area contributed by atoms with Crippen LogP contribution in [0, 0.1) is 0 Å². The Morgan fingerprint density at radius 3 is 2.44 bits per heavy atom. The van der Waals surface area contributed by atoms with E-state index in [1.807, 2.05) is 30.3 Å². The van der Waals surface area contributed by atoms with Crippen LogP contribution in [0.2, 0.25) is 0 Å². The number of rotatable bonds is 6. The van der Waals surface area contributed by atoms with Crippen LogP contribution in [0.1, 0.15) is 31.9 Å². The molecular weight excluding hydrogens is 202 g/mol. The monoisotopic (exact) mass is 223 g/mol. The Balaban J connectivity index is 2.24. The summed E-state index contributed by atoms with van der Waals surface area (Å²) in [6, 6.07) is 9.56. The molecule has 0 heterocycles. The lowest BCUT2D eigenvalue weighted by Crippen LogP contribution is -2.29. The van der Waals surface area contributed by atoms with E-state index in [4.69, 9.17) is 0 Å². The van der Waals surface area contributed by atoms with E-state index >= 15 is 0 Å². The molecule has 0 fully saturated rings. The smallest absolute Gasteiger partial charge is 0.0914 e. The number of hydrogen-bond acceptors (Lipinski definition) is 3. The summed E-state index contributed by atoms with van der Waals surface area (Å²) in [7, 11) is 0. The van der Waals surface area contributed by atoms with Crippen LogP contribution in [0.4, 0.5) is 0 Å². The molecule has 1 rings (SSSR count). The van der Waals surface area contributed by atoms with Crippen molar-refractivity contribution in [2.24, 2.45) is 0 Å². The molecule has 0 bridgehead atoms. The molecule has 90 valence electrons. The molecule has 0 radical (unpaired) electrons. The van der Waals surface area contributed by atoms with Gasteiger partial charge in [-0.3, -0.25) is 0 Å². The van der Waals surface area contributed by atoms with E-state index in [2.05, 4.69) is 5.32 Å². The molecule has 0 aliphatic heterocycles. The minimum Gasteiger partial charge on any atom is -0.390 e. The van der Waals surface area contributed by atoms with E-state index < -0.39 is 11.7 Å². The highest BCUT2D eigenvalue weighted by Gasteiger charge is 2.12. The quantitative estimate of drug-likeness (QED) is 0.640. The molecule has 1 aromatic carbocycles. The molecule has 16 heavy (non-hydrogen) atoms. The van der Waals surface area contributed by atoms with E-state index in [1.54, 1.807) is 13.8 Å². The van der Waals surface area contributed by atoms with Gasteiger partial charge in [0.1, 0.15) is 0 Å². The van der Waals surface area contributed by atoms with Crippen molar-refractivity contribution in [2.45, 2.75) is 32.0 Å². The van der Waals surface area contributed by atoms with Crippen LogP contribution in [-0.4, -0.2) is 28.9 Å². The molecule has 0 aliphatic carbocycles. The average molecular weight is 223 g/mol. The zero-order chi connectivity index (χ0) is 12.0. The van der Waals surface area contributed by atoms with Gasteiger partial charge in [-0.2, -0.15) is 0 Å². The van der Waals surface area contributed by atoms with Gasteiger partial charge in [0.15, 0.2) is 0 Å². The highest BCUT2D eigenvalue weighted by Crippen LogP contribution is 2.11. The van der Waals surface area contributed by atoms with Crippen LogP contribution in [0.3, 0.4) is 0 Å². The lowest BCUT2D eigenvalue weighted by molar-refractivity contribution is 0.0696. The van der Waals surface area contributed by atoms with Crippen molar-refractivity contribution in [3.8, 4) is 0 Å². The second-order valence-electron chi connectivity index (χ2n) is 4.69. The van der Waals surface area contributed by atoms with Crippen molar-refractivity contribution in [3.05, 3.63) is 35.9 Å². The first-order valence-electron chi connectivity index (χ1n) is 5.65. The molecule has 0 saturated carbocycles. The zero-order valence-electron chi connectivity index (χ0n) is 9.98. The minimum absolute atomic E-state index is 0.483. The molecular formula is C13H21NO2. The lowest BCUT2D eigenvalue weighted by Gasteiger charge is -2.18. The Labute approximate surface area is 97.1 Å². The molecule has 1 aromatic rings. The highest BCUT2D eigenvalue weighted by atomic mass is 16.3. The van der Waals surface area contributed by atoms with Crippen LogP contribution in [0.25, 0.3) is 0 Å². The molecule has 0 aromatic heterocycles. The predicted octanol–water partition coefficient (Wildman–Crippen LogP) is 1.47. The molecule has 3 N–H and O–H groups in total. The van der Waals surface area contributed by atoms with Crippen molar-refractivity contribution in [2.75, 3.05) is 13.1 Å². The van der Waals surface area contributed by atoms with Gasteiger partial charge >= 0.3 is 0 Å². The molecule has 1 unspecified atom stereocenters. The maximum absolute atomic E-state index is 9.82. The third kappa shape index (κ3) is 5.26. The molecule has 0 aliphatic rings. The minimum atomic E-state index is -0.648. The van der Waals surface area contributed by atoms with E-state index in [0.717, 1.165) is 5.56 Å². The van der Waals surface area contributed by atoms with Gasteiger partial charge < -0.3 is 15.5 Å². The Hall–Kier alpha value is -0.900. The summed E-state index contributed by atoms with van der Waals surface area (Å²) < 4.78 is 0. The number of aliphatic hydroxyl groups excluding tert-OH is 1. The largest absolute Gasteiger partial charge is 0.390 e. The normalized spacial score (nSPS) is 13.8. The Kier molecular flexibility index (Phi) is 4.93. The van der Waals surface area contributed by atoms with Crippen molar-refractivity contribution in [1.29, 1.82) is 0 Å². The fraction of sp³-hybridized carbons (Fsp3) is 0.538. The van der Waals surface area contributed by atoms with Crippen LogP contribution < -0.4 is 5.32 Å². The van der Waals surface area contributed by atoms with Crippen LogP contribution in [-0.2, 0) is 0 Å². The third-order valence-electron chi connectivity index (χ3n) is 2.44. The molecule has 0 spiro atoms. The van der Waals surface area contributed by atoms with Crippen molar-refractivity contribution in [3.63, 3.8) is 0 Å². The van der Waals surface area contributed by atoms with E-state index in [9.17, 15) is 10.2 Å². The SMILES string of the molecule is CC(C)(O)CCNCC(O)c1ccccc1. The second-order valence-corrected chi connectivity index (χ2v) is 4.69. The van der Waals surface area contributed by atoms with E-state index in [-0.39, 0.29) is 0 Å². The first-order valence-corrected chi connectivity index (χ1v) is 5.65. The van der Waals surface area contributed by atoms with Crippen LogP contribution >= 0.6 is 0 Å². The van der Waals surface area contributed by atoms with Gasteiger partial charge in [-0.05, 0) is 32.4 Å². The maximum atomic E-state index is 9.82. The van der Waals surface area contributed by atoms with Gasteiger partial charge in [-0.15, -0.1) is 0 Å². The number of nitrogens with one attached hydrogen (secondary N) is 1. The molecule has 3 heteroatoms. The average Bonchev–Trinajstić information content (AvgIpc) is 2.24. The number of hydrogen-bond donors (Lipinski definition) is 3. The predicted molar refractivity (Wildman–Crippen MR) is 65.2 cm³/mol. The molecule has 0 saturated heterocycles. The summed E-state index contributed by atoms with van der Waals surface area (Å²) in [6.07, 6.45) is 0.192. The molecule has 0 amide bonds. The van der Waals surface area contributed by atoms with Crippen molar-refractivity contribution >= 4 is 0 Å². The van der Waals surface area contributed by atoms with Gasteiger partial charge in [0, 0.05) is 6.54 Å². The van der Waals surface area contributed by atoms with E-state index in [1.165, 1.54) is 0 Å². The number of aliphatic hydroxyl groups is 2. The zero-order valence-corrected chi connectivity index (χ0v) is 9.98. The van der Waals surface area contributed by atoms with Crippen LogP contribution in [0.5, 0.6) is 0 Å². The lowest BCUT2D eigenvalue weighted by atomic mass is 10.1. The van der Waals surface area contributed by atoms with Gasteiger partial charge in [0.2, 0.25) is 0 Å². The van der Waals surface area contributed by atoms with Gasteiger partial charge in [0.25, 0.3) is 0 Å². The third-order valence-corrected chi connectivity index (χ3v) is 2.44. The maximum Gasteiger partial charge on any atom is 0.0914 e. The summed E-state index contributed by atoms with van der Waals surface area (Å²) in [5, 5.41) is 22.5. The fourth-order valence-corrected chi connectivity index (χ4v) is 1.43. The first-order chi connectivity index (χ1) is 7.49. The summed E-state index contributed by atoms with van der Waals surface area (Å²) in [5.74, 6) is 0. The Morgan fingerprint density at radius 2 is 1.88 bits per heavy atom. The Bertz CT molecular complexity index is 293. The van der Waals surface area contributed by atoms with E-state index in [0.29, 0.717) is 19.5 Å². The first kappa shape index (κ1) is 13.2. The summed E-state index contributed by atoms with van der Waals surface area (Å²) in [4.78, 5) is 0. The highest BCUT2D eigenvalue weighted by molar-refractivity contribution is 5.17. The van der Waals surface area contributed by atoms with Crippen molar-refractivity contribution < 1.29 is 10.2 Å². The second kappa shape index (κ2) is 5.99. The summed E-state index contributed by atoms with van der Waals surface area (Å²) >= 11 is 0. The van der Waals surface area contributed by atoms with Gasteiger partial charge in [-0.25, -0.2) is 0 Å². The van der Waals surface area contributed by atoms with Crippen LogP contribution in [0.15, 0.2) is 30.3 Å². The van der Waals surface area contributed by atoms with Gasteiger partial charge in [0.05, 0.1) is 11.7 Å².